The number of carbonyl (C=O) groups excluding carboxylic acids is 1. The van der Waals surface area contributed by atoms with E-state index in [1.165, 1.54) is 25.7 Å². The highest BCUT2D eigenvalue weighted by molar-refractivity contribution is 5.83. The average Bonchev–Trinajstić information content (AvgIpc) is 2.82. The van der Waals surface area contributed by atoms with Crippen molar-refractivity contribution in [3.8, 4) is 0 Å². The van der Waals surface area contributed by atoms with Gasteiger partial charge in [0.25, 0.3) is 0 Å². The van der Waals surface area contributed by atoms with Crippen molar-refractivity contribution in [3.63, 3.8) is 0 Å². The van der Waals surface area contributed by atoms with E-state index in [-0.39, 0.29) is 0 Å². The minimum absolute atomic E-state index is 0.485. The number of nitrogens with one attached hydrogen (secondary N) is 2. The molecule has 0 radical (unpaired) electrons. The van der Waals surface area contributed by atoms with Crippen molar-refractivity contribution in [2.75, 3.05) is 10.6 Å². The van der Waals surface area contributed by atoms with E-state index < -0.39 is 11.7 Å². The SMILES string of the molecule is CC(C)(C)OC(=O)Nc1ccc(NC2CCCC2)cn1. The lowest BCUT2D eigenvalue weighted by Crippen LogP contribution is -2.27. The van der Waals surface area contributed by atoms with Crippen LogP contribution in [-0.4, -0.2) is 22.7 Å². The molecule has 5 heteroatoms. The first-order valence-corrected chi connectivity index (χ1v) is 7.15. The van der Waals surface area contributed by atoms with Gasteiger partial charge in [-0.1, -0.05) is 12.8 Å². The van der Waals surface area contributed by atoms with Gasteiger partial charge in [-0.3, -0.25) is 5.32 Å². The number of anilines is 2. The molecule has 0 bridgehead atoms. The molecule has 1 aliphatic carbocycles. The Morgan fingerprint density at radius 2 is 2.00 bits per heavy atom. The van der Waals surface area contributed by atoms with Crippen molar-refractivity contribution < 1.29 is 9.53 Å². The Morgan fingerprint density at radius 1 is 1.30 bits per heavy atom. The molecule has 1 fully saturated rings. The smallest absolute Gasteiger partial charge is 0.413 e. The molecule has 0 aliphatic heterocycles. The quantitative estimate of drug-likeness (QED) is 0.882. The summed E-state index contributed by atoms with van der Waals surface area (Å²) in [5.41, 5.74) is 0.486. The van der Waals surface area contributed by atoms with Gasteiger partial charge in [-0.15, -0.1) is 0 Å². The Balaban J connectivity index is 1.86. The van der Waals surface area contributed by atoms with Crippen LogP contribution in [0.25, 0.3) is 0 Å². The monoisotopic (exact) mass is 277 g/mol. The fraction of sp³-hybridized carbons (Fsp3) is 0.600. The Morgan fingerprint density at radius 3 is 2.55 bits per heavy atom. The third-order valence-electron chi connectivity index (χ3n) is 3.12. The summed E-state index contributed by atoms with van der Waals surface area (Å²) in [4.78, 5) is 15.8. The molecular formula is C15H23N3O2. The first kappa shape index (κ1) is 14.6. The number of nitrogens with zero attached hydrogens (tertiary/aromatic N) is 1. The van der Waals surface area contributed by atoms with Crippen molar-refractivity contribution in [1.29, 1.82) is 0 Å². The highest BCUT2D eigenvalue weighted by Crippen LogP contribution is 2.22. The van der Waals surface area contributed by atoms with Crippen molar-refractivity contribution in [1.82, 2.24) is 4.98 Å². The Kier molecular flexibility index (Phi) is 4.47. The lowest BCUT2D eigenvalue weighted by Gasteiger charge is -2.19. The number of aromatic nitrogens is 1. The summed E-state index contributed by atoms with van der Waals surface area (Å²) < 4.78 is 5.17. The third kappa shape index (κ3) is 4.72. The Labute approximate surface area is 120 Å². The lowest BCUT2D eigenvalue weighted by molar-refractivity contribution is 0.0635. The summed E-state index contributed by atoms with van der Waals surface area (Å²) in [7, 11) is 0. The predicted octanol–water partition coefficient (Wildman–Crippen LogP) is 3.78. The van der Waals surface area contributed by atoms with Crippen molar-refractivity contribution in [2.24, 2.45) is 0 Å². The van der Waals surface area contributed by atoms with Crippen LogP contribution in [0.5, 0.6) is 0 Å². The molecule has 2 N–H and O–H groups in total. The predicted molar refractivity (Wildman–Crippen MR) is 80.0 cm³/mol. The minimum Gasteiger partial charge on any atom is -0.444 e. The molecule has 1 aromatic rings. The van der Waals surface area contributed by atoms with E-state index in [0.29, 0.717) is 11.9 Å². The minimum atomic E-state index is -0.506. The molecule has 0 unspecified atom stereocenters. The van der Waals surface area contributed by atoms with Gasteiger partial charge in [-0.2, -0.15) is 0 Å². The van der Waals surface area contributed by atoms with Crippen LogP contribution < -0.4 is 10.6 Å². The van der Waals surface area contributed by atoms with E-state index in [2.05, 4.69) is 15.6 Å². The van der Waals surface area contributed by atoms with Crippen molar-refractivity contribution >= 4 is 17.6 Å². The van der Waals surface area contributed by atoms with Crippen LogP contribution in [0.3, 0.4) is 0 Å². The molecular weight excluding hydrogens is 254 g/mol. The van der Waals surface area contributed by atoms with Crippen LogP contribution in [0.15, 0.2) is 18.3 Å². The molecule has 2 rings (SSSR count). The van der Waals surface area contributed by atoms with E-state index >= 15 is 0 Å². The van der Waals surface area contributed by atoms with Gasteiger partial charge in [0, 0.05) is 6.04 Å². The zero-order valence-corrected chi connectivity index (χ0v) is 12.4. The molecule has 1 aromatic heterocycles. The van der Waals surface area contributed by atoms with Gasteiger partial charge in [-0.25, -0.2) is 9.78 Å². The summed E-state index contributed by atoms with van der Waals surface area (Å²) >= 11 is 0. The Hall–Kier alpha value is -1.78. The van der Waals surface area contributed by atoms with Gasteiger partial charge in [0.05, 0.1) is 11.9 Å². The van der Waals surface area contributed by atoms with E-state index in [1.54, 1.807) is 12.3 Å². The van der Waals surface area contributed by atoms with Gasteiger partial charge in [0.2, 0.25) is 0 Å². The standard InChI is InChI=1S/C15H23N3O2/c1-15(2,3)20-14(19)18-13-9-8-12(10-16-13)17-11-6-4-5-7-11/h8-11,17H,4-7H2,1-3H3,(H,16,18,19). The summed E-state index contributed by atoms with van der Waals surface area (Å²) in [5.74, 6) is 0.497. The van der Waals surface area contributed by atoms with E-state index in [9.17, 15) is 4.79 Å². The number of hydrogen-bond acceptors (Lipinski definition) is 4. The van der Waals surface area contributed by atoms with Gasteiger partial charge < -0.3 is 10.1 Å². The molecule has 1 saturated carbocycles. The van der Waals surface area contributed by atoms with Crippen LogP contribution in [0, 0.1) is 0 Å². The number of amides is 1. The second kappa shape index (κ2) is 6.11. The number of rotatable bonds is 3. The highest BCUT2D eigenvalue weighted by atomic mass is 16.6. The first-order valence-electron chi connectivity index (χ1n) is 7.15. The lowest BCUT2D eigenvalue weighted by atomic mass is 10.2. The van der Waals surface area contributed by atoms with Crippen LogP contribution in [0.4, 0.5) is 16.3 Å². The number of pyridine rings is 1. The maximum atomic E-state index is 11.6. The van der Waals surface area contributed by atoms with Gasteiger partial charge in [0.15, 0.2) is 0 Å². The molecule has 1 aliphatic rings. The Bertz CT molecular complexity index is 445. The van der Waals surface area contributed by atoms with E-state index in [4.69, 9.17) is 4.74 Å². The average molecular weight is 277 g/mol. The van der Waals surface area contributed by atoms with Crippen LogP contribution in [0.2, 0.25) is 0 Å². The summed E-state index contributed by atoms with van der Waals surface area (Å²) in [6.45, 7) is 5.48. The van der Waals surface area contributed by atoms with Crippen LogP contribution in [0.1, 0.15) is 46.5 Å². The van der Waals surface area contributed by atoms with E-state index in [1.807, 2.05) is 26.8 Å². The van der Waals surface area contributed by atoms with Crippen LogP contribution in [-0.2, 0) is 4.74 Å². The van der Waals surface area contributed by atoms with Crippen LogP contribution >= 0.6 is 0 Å². The van der Waals surface area contributed by atoms with Gasteiger partial charge >= 0.3 is 6.09 Å². The van der Waals surface area contributed by atoms with Crippen molar-refractivity contribution in [3.05, 3.63) is 18.3 Å². The third-order valence-corrected chi connectivity index (χ3v) is 3.12. The summed E-state index contributed by atoms with van der Waals surface area (Å²) in [6, 6.07) is 4.26. The van der Waals surface area contributed by atoms with Crippen molar-refractivity contribution in [2.45, 2.75) is 58.1 Å². The van der Waals surface area contributed by atoms with Gasteiger partial charge in [-0.05, 0) is 45.7 Å². The maximum Gasteiger partial charge on any atom is 0.413 e. The zero-order chi connectivity index (χ0) is 14.6. The number of hydrogen-bond donors (Lipinski definition) is 2. The molecule has 0 saturated heterocycles. The molecule has 1 heterocycles. The second-order valence-corrected chi connectivity index (χ2v) is 6.18. The topological polar surface area (TPSA) is 63.2 Å². The fourth-order valence-electron chi connectivity index (χ4n) is 2.27. The van der Waals surface area contributed by atoms with Gasteiger partial charge in [0.1, 0.15) is 11.4 Å². The molecule has 20 heavy (non-hydrogen) atoms. The molecule has 5 nitrogen and oxygen atoms in total. The van der Waals surface area contributed by atoms with E-state index in [0.717, 1.165) is 5.69 Å². The first-order chi connectivity index (χ1) is 9.42. The fourth-order valence-corrected chi connectivity index (χ4v) is 2.27. The second-order valence-electron chi connectivity index (χ2n) is 6.18. The zero-order valence-electron chi connectivity index (χ0n) is 12.4. The molecule has 0 spiro atoms. The number of ether oxygens (including phenoxy) is 1. The largest absolute Gasteiger partial charge is 0.444 e. The molecule has 0 aromatic carbocycles. The maximum absolute atomic E-state index is 11.6. The summed E-state index contributed by atoms with van der Waals surface area (Å²) in [6.07, 6.45) is 6.29. The molecule has 0 atom stereocenters. The normalized spacial score (nSPS) is 15.9. The summed E-state index contributed by atoms with van der Waals surface area (Å²) in [5, 5.41) is 6.07. The number of carbonyl (C=O) groups is 1. The highest BCUT2D eigenvalue weighted by Gasteiger charge is 2.17. The molecule has 1 amide bonds. The molecule has 110 valence electrons.